The van der Waals surface area contributed by atoms with E-state index in [-0.39, 0.29) is 63.2 Å². The second-order valence-electron chi connectivity index (χ2n) is 3.90. The molecule has 0 aliphatic carbocycles. The van der Waals surface area contributed by atoms with Gasteiger partial charge in [0.25, 0.3) is 0 Å². The molecule has 1 rings (SSSR count). The molecule has 1 aliphatic heterocycles. The summed E-state index contributed by atoms with van der Waals surface area (Å²) in [7, 11) is 0. The van der Waals surface area contributed by atoms with Gasteiger partial charge in [0.1, 0.15) is 0 Å². The van der Waals surface area contributed by atoms with Crippen molar-refractivity contribution in [2.24, 2.45) is 5.92 Å². The molecule has 1 fully saturated rings. The Balaban J connectivity index is 0.00000196. The maximum absolute atomic E-state index is 12.1. The van der Waals surface area contributed by atoms with Gasteiger partial charge in [-0.2, -0.15) is 0 Å². The van der Waals surface area contributed by atoms with E-state index in [2.05, 4.69) is 0 Å². The fourth-order valence-electron chi connectivity index (χ4n) is 1.86. The fraction of sp³-hybridized carbons (Fsp3) is 0.875. The van der Waals surface area contributed by atoms with Crippen molar-refractivity contribution in [1.82, 2.24) is 4.90 Å². The molecular formula is C8H14BF3KNO. The van der Waals surface area contributed by atoms with Crippen molar-refractivity contribution < 1.29 is 69.1 Å². The summed E-state index contributed by atoms with van der Waals surface area (Å²) in [4.78, 5) is 12.5. The predicted molar refractivity (Wildman–Crippen MR) is 48.9 cm³/mol. The summed E-state index contributed by atoms with van der Waals surface area (Å²) in [6, 6.07) is 0. The van der Waals surface area contributed by atoms with Gasteiger partial charge in [0, 0.05) is 20.0 Å². The molecule has 0 N–H and O–H groups in total. The molecule has 2 nitrogen and oxygen atoms in total. The van der Waals surface area contributed by atoms with Crippen molar-refractivity contribution in [3.63, 3.8) is 0 Å². The summed E-state index contributed by atoms with van der Waals surface area (Å²) in [5, 5.41) is 0. The number of nitrogens with zero attached hydrogens (tertiary/aromatic N) is 1. The summed E-state index contributed by atoms with van der Waals surface area (Å²) in [6.45, 7) is -2.26. The molecule has 1 amide bonds. The van der Waals surface area contributed by atoms with Crippen molar-refractivity contribution in [2.45, 2.75) is 26.1 Å². The molecule has 1 saturated heterocycles. The molecule has 0 bridgehead atoms. The standard InChI is InChI=1S/C8H14BF3NO.K/c1-7(14)13-4-2-8(3-5-13)6-9(10,11)12;/h8H,2-6H2,1H3;/q-1;+1. The topological polar surface area (TPSA) is 20.3 Å². The first kappa shape index (κ1) is 16.0. The van der Waals surface area contributed by atoms with Crippen LogP contribution < -0.4 is 51.4 Å². The number of carbonyl (C=O) groups is 1. The first-order chi connectivity index (χ1) is 6.38. The third-order valence-electron chi connectivity index (χ3n) is 2.66. The Kier molecular flexibility index (Phi) is 7.06. The molecule has 82 valence electrons. The van der Waals surface area contributed by atoms with E-state index in [1.165, 1.54) is 6.92 Å². The van der Waals surface area contributed by atoms with Gasteiger partial charge in [0.15, 0.2) is 0 Å². The zero-order chi connectivity index (χ0) is 10.8. The molecular weight excluding hydrogens is 233 g/mol. The average Bonchev–Trinajstić information content (AvgIpc) is 2.02. The van der Waals surface area contributed by atoms with E-state index in [0.29, 0.717) is 25.9 Å². The van der Waals surface area contributed by atoms with Crippen molar-refractivity contribution in [2.75, 3.05) is 13.1 Å². The molecule has 0 saturated carbocycles. The normalized spacial score (nSPS) is 18.5. The molecule has 0 aromatic rings. The Bertz CT molecular complexity index is 216. The van der Waals surface area contributed by atoms with Crippen LogP contribution in [-0.4, -0.2) is 30.9 Å². The minimum absolute atomic E-state index is 0. The van der Waals surface area contributed by atoms with Crippen LogP contribution in [0.1, 0.15) is 19.8 Å². The Labute approximate surface area is 130 Å². The summed E-state index contributed by atoms with van der Waals surface area (Å²) >= 11 is 0. The third kappa shape index (κ3) is 6.31. The summed E-state index contributed by atoms with van der Waals surface area (Å²) < 4.78 is 36.2. The van der Waals surface area contributed by atoms with Gasteiger partial charge in [-0.15, -0.1) is 0 Å². The SMILES string of the molecule is CC(=O)N1CCC(C[B-](F)(F)F)CC1.[K+]. The number of amides is 1. The van der Waals surface area contributed by atoms with Gasteiger partial charge in [0.2, 0.25) is 5.91 Å². The molecule has 0 spiro atoms. The van der Waals surface area contributed by atoms with Crippen LogP contribution >= 0.6 is 0 Å². The molecule has 0 radical (unpaired) electrons. The summed E-state index contributed by atoms with van der Waals surface area (Å²) in [5.41, 5.74) is 0. The molecule has 0 atom stereocenters. The van der Waals surface area contributed by atoms with Gasteiger partial charge in [0.05, 0.1) is 0 Å². The number of piperidine rings is 1. The van der Waals surface area contributed by atoms with Crippen molar-refractivity contribution in [1.29, 1.82) is 0 Å². The molecule has 1 heterocycles. The quantitative estimate of drug-likeness (QED) is 0.579. The van der Waals surface area contributed by atoms with Crippen molar-refractivity contribution >= 4 is 12.9 Å². The number of likely N-dealkylation sites (tertiary alicyclic amines) is 1. The maximum atomic E-state index is 12.1. The van der Waals surface area contributed by atoms with Gasteiger partial charge < -0.3 is 17.8 Å². The molecule has 15 heavy (non-hydrogen) atoms. The van der Waals surface area contributed by atoms with Crippen LogP contribution in [0.5, 0.6) is 0 Å². The van der Waals surface area contributed by atoms with Gasteiger partial charge in [-0.3, -0.25) is 4.79 Å². The van der Waals surface area contributed by atoms with E-state index in [4.69, 9.17) is 0 Å². The van der Waals surface area contributed by atoms with E-state index in [0.717, 1.165) is 0 Å². The molecule has 0 aromatic heterocycles. The summed E-state index contributed by atoms with van der Waals surface area (Å²) in [6.07, 6.45) is 0.327. The zero-order valence-corrected chi connectivity index (χ0v) is 12.3. The third-order valence-corrected chi connectivity index (χ3v) is 2.66. The van der Waals surface area contributed by atoms with Crippen LogP contribution in [-0.2, 0) is 4.79 Å². The van der Waals surface area contributed by atoms with Crippen LogP contribution in [0.2, 0.25) is 6.32 Å². The Hall–Kier alpha value is 0.961. The van der Waals surface area contributed by atoms with Crippen molar-refractivity contribution in [3.05, 3.63) is 0 Å². The monoisotopic (exact) mass is 247 g/mol. The fourth-order valence-corrected chi connectivity index (χ4v) is 1.86. The van der Waals surface area contributed by atoms with E-state index in [1.54, 1.807) is 4.90 Å². The van der Waals surface area contributed by atoms with Crippen LogP contribution in [0.25, 0.3) is 0 Å². The molecule has 0 aromatic carbocycles. The van der Waals surface area contributed by atoms with Crippen LogP contribution in [0.3, 0.4) is 0 Å². The first-order valence-electron chi connectivity index (χ1n) is 4.85. The molecule has 1 aliphatic rings. The Morgan fingerprint density at radius 1 is 1.33 bits per heavy atom. The number of halogens is 3. The van der Waals surface area contributed by atoms with E-state index in [1.807, 2.05) is 0 Å². The van der Waals surface area contributed by atoms with Crippen LogP contribution in [0.4, 0.5) is 12.9 Å². The second kappa shape index (κ2) is 6.64. The zero-order valence-electron chi connectivity index (χ0n) is 9.18. The number of carbonyl (C=O) groups excluding carboxylic acids is 1. The van der Waals surface area contributed by atoms with E-state index >= 15 is 0 Å². The van der Waals surface area contributed by atoms with E-state index < -0.39 is 13.3 Å². The second-order valence-corrected chi connectivity index (χ2v) is 3.90. The Morgan fingerprint density at radius 3 is 2.13 bits per heavy atom. The van der Waals surface area contributed by atoms with Gasteiger partial charge >= 0.3 is 58.4 Å². The number of rotatable bonds is 2. The van der Waals surface area contributed by atoms with Crippen LogP contribution in [0.15, 0.2) is 0 Å². The maximum Gasteiger partial charge on any atom is 1.00 e. The van der Waals surface area contributed by atoms with Crippen LogP contribution in [0, 0.1) is 5.92 Å². The molecule has 7 heteroatoms. The predicted octanol–water partition coefficient (Wildman–Crippen LogP) is -0.904. The van der Waals surface area contributed by atoms with Gasteiger partial charge in [-0.1, -0.05) is 12.2 Å². The Morgan fingerprint density at radius 2 is 1.80 bits per heavy atom. The summed E-state index contributed by atoms with van der Waals surface area (Å²) in [5.74, 6) is -0.313. The smallest absolute Gasteiger partial charge is 0.449 e. The minimum atomic E-state index is -4.67. The van der Waals surface area contributed by atoms with Gasteiger partial charge in [-0.25, -0.2) is 0 Å². The number of hydrogen-bond acceptors (Lipinski definition) is 1. The minimum Gasteiger partial charge on any atom is -0.449 e. The van der Waals surface area contributed by atoms with Crippen molar-refractivity contribution in [3.8, 4) is 0 Å². The van der Waals surface area contributed by atoms with Gasteiger partial charge in [-0.05, 0) is 12.8 Å². The average molecular weight is 247 g/mol. The largest absolute Gasteiger partial charge is 1.00 e. The number of hydrogen-bond donors (Lipinski definition) is 0. The first-order valence-corrected chi connectivity index (χ1v) is 4.85. The van der Waals surface area contributed by atoms with E-state index in [9.17, 15) is 17.7 Å². The molecule has 0 unspecified atom stereocenters.